The number of nitrogens with one attached hydrogen (secondary N) is 1. The Morgan fingerprint density at radius 3 is 2.44 bits per heavy atom. The molecule has 0 aliphatic rings. The van der Waals surface area contributed by atoms with Crippen molar-refractivity contribution >= 4 is 40.6 Å². The number of carbonyl (C=O) groups excluding carboxylic acids is 1. The number of benzene rings is 3. The van der Waals surface area contributed by atoms with E-state index in [0.717, 1.165) is 11.3 Å². The van der Waals surface area contributed by atoms with Crippen molar-refractivity contribution in [3.63, 3.8) is 0 Å². The lowest BCUT2D eigenvalue weighted by Gasteiger charge is -2.14. The van der Waals surface area contributed by atoms with Crippen LogP contribution in [-0.2, 0) is 11.2 Å². The van der Waals surface area contributed by atoms with Crippen LogP contribution in [0, 0.1) is 10.1 Å². The largest absolute Gasteiger partial charge is 0.319 e. The Balaban J connectivity index is 1.60. The van der Waals surface area contributed by atoms with E-state index in [1.807, 2.05) is 47.0 Å². The van der Waals surface area contributed by atoms with Gasteiger partial charge >= 0.3 is 0 Å². The third kappa shape index (κ3) is 5.44. The molecule has 1 heterocycles. The van der Waals surface area contributed by atoms with Crippen molar-refractivity contribution in [2.24, 2.45) is 0 Å². The summed E-state index contributed by atoms with van der Waals surface area (Å²) < 4.78 is 1.89. The first-order valence-electron chi connectivity index (χ1n) is 10.4. The summed E-state index contributed by atoms with van der Waals surface area (Å²) in [6.45, 7) is 1.71. The number of hydrogen-bond donors (Lipinski definition) is 1. The average molecular weight is 494 g/mol. The van der Waals surface area contributed by atoms with E-state index in [4.69, 9.17) is 11.6 Å². The van der Waals surface area contributed by atoms with Crippen LogP contribution in [0.25, 0.3) is 5.69 Å². The number of para-hydroxylation sites is 2. The summed E-state index contributed by atoms with van der Waals surface area (Å²) in [4.78, 5) is 23.6. The lowest BCUT2D eigenvalue weighted by molar-refractivity contribution is -0.383. The number of nitro groups is 1. The first kappa shape index (κ1) is 23.5. The highest BCUT2D eigenvalue weighted by atomic mass is 35.5. The molecule has 10 heteroatoms. The second kappa shape index (κ2) is 10.5. The maximum atomic E-state index is 12.9. The number of rotatable bonds is 8. The molecule has 8 nitrogen and oxygen atoms in total. The molecule has 1 aromatic heterocycles. The maximum Gasteiger partial charge on any atom is 0.292 e. The molecule has 0 aliphatic carbocycles. The monoisotopic (exact) mass is 493 g/mol. The molecule has 1 unspecified atom stereocenters. The molecule has 0 aliphatic heterocycles. The summed E-state index contributed by atoms with van der Waals surface area (Å²) in [5.74, 6) is 0.330. The average Bonchev–Trinajstić information content (AvgIpc) is 3.22. The molecule has 0 saturated carbocycles. The highest BCUT2D eigenvalue weighted by molar-refractivity contribution is 8.00. The van der Waals surface area contributed by atoms with Crippen LogP contribution < -0.4 is 5.32 Å². The third-order valence-electron chi connectivity index (χ3n) is 5.00. The normalized spacial score (nSPS) is 11.7. The van der Waals surface area contributed by atoms with Crippen molar-refractivity contribution in [1.82, 2.24) is 14.8 Å². The van der Waals surface area contributed by atoms with Crippen molar-refractivity contribution in [2.75, 3.05) is 5.32 Å². The zero-order valence-corrected chi connectivity index (χ0v) is 19.7. The molecule has 1 atom stereocenters. The van der Waals surface area contributed by atoms with Gasteiger partial charge in [0.2, 0.25) is 5.91 Å². The molecule has 0 fully saturated rings. The van der Waals surface area contributed by atoms with Crippen molar-refractivity contribution in [2.45, 2.75) is 23.8 Å². The Morgan fingerprint density at radius 2 is 1.74 bits per heavy atom. The fraction of sp³-hybridized carbons (Fsp3) is 0.125. The van der Waals surface area contributed by atoms with Gasteiger partial charge in [0.05, 0.1) is 10.2 Å². The summed E-state index contributed by atoms with van der Waals surface area (Å²) in [5.41, 5.74) is 1.87. The van der Waals surface area contributed by atoms with Crippen LogP contribution in [0.1, 0.15) is 18.3 Å². The molecule has 3 aromatic carbocycles. The van der Waals surface area contributed by atoms with E-state index in [0.29, 0.717) is 22.4 Å². The number of amides is 1. The van der Waals surface area contributed by atoms with Crippen molar-refractivity contribution in [1.29, 1.82) is 0 Å². The summed E-state index contributed by atoms with van der Waals surface area (Å²) >= 11 is 7.29. The summed E-state index contributed by atoms with van der Waals surface area (Å²) in [6.07, 6.45) is 0.549. The van der Waals surface area contributed by atoms with Gasteiger partial charge in [-0.05, 0) is 42.8 Å². The highest BCUT2D eigenvalue weighted by Crippen LogP contribution is 2.29. The van der Waals surface area contributed by atoms with Gasteiger partial charge in [-0.1, -0.05) is 65.8 Å². The molecule has 4 rings (SSSR count). The van der Waals surface area contributed by atoms with Crippen LogP contribution in [0.3, 0.4) is 0 Å². The first-order chi connectivity index (χ1) is 16.4. The maximum absolute atomic E-state index is 12.9. The van der Waals surface area contributed by atoms with Gasteiger partial charge in [-0.25, -0.2) is 0 Å². The molecular weight excluding hydrogens is 474 g/mol. The zero-order valence-electron chi connectivity index (χ0n) is 18.1. The van der Waals surface area contributed by atoms with Gasteiger partial charge in [-0.15, -0.1) is 10.2 Å². The molecule has 1 amide bonds. The lowest BCUT2D eigenvalue weighted by atomic mass is 10.1. The Morgan fingerprint density at radius 1 is 1.06 bits per heavy atom. The molecule has 172 valence electrons. The van der Waals surface area contributed by atoms with E-state index in [-0.39, 0.29) is 17.3 Å². The quantitative estimate of drug-likeness (QED) is 0.196. The van der Waals surface area contributed by atoms with Crippen LogP contribution in [0.15, 0.2) is 84.0 Å². The van der Waals surface area contributed by atoms with Crippen molar-refractivity contribution in [3.05, 3.63) is 105 Å². The second-order valence-electron chi connectivity index (χ2n) is 7.40. The Bertz CT molecular complexity index is 1310. The SMILES string of the molecule is CC(Sc1nnc(Cc2ccccc2)n1-c1ccc(Cl)cc1)C(=O)Nc1ccccc1[N+](=O)[O-]. The number of anilines is 1. The molecule has 0 spiro atoms. The van der Waals surface area contributed by atoms with Crippen LogP contribution >= 0.6 is 23.4 Å². The Labute approximate surface area is 205 Å². The topological polar surface area (TPSA) is 103 Å². The van der Waals surface area contributed by atoms with Gasteiger partial charge in [0.1, 0.15) is 11.5 Å². The van der Waals surface area contributed by atoms with Gasteiger partial charge in [-0.3, -0.25) is 19.5 Å². The third-order valence-corrected chi connectivity index (χ3v) is 6.29. The minimum atomic E-state index is -0.598. The zero-order chi connectivity index (χ0) is 24.1. The minimum Gasteiger partial charge on any atom is -0.319 e. The smallest absolute Gasteiger partial charge is 0.292 e. The van der Waals surface area contributed by atoms with Crippen LogP contribution in [-0.4, -0.2) is 30.8 Å². The van der Waals surface area contributed by atoms with E-state index in [2.05, 4.69) is 15.5 Å². The number of carbonyl (C=O) groups is 1. The minimum absolute atomic E-state index is 0.147. The van der Waals surface area contributed by atoms with Crippen LogP contribution in [0.5, 0.6) is 0 Å². The van der Waals surface area contributed by atoms with E-state index < -0.39 is 10.2 Å². The molecule has 0 saturated heterocycles. The van der Waals surface area contributed by atoms with Crippen LogP contribution in [0.2, 0.25) is 5.02 Å². The van der Waals surface area contributed by atoms with E-state index in [1.165, 1.54) is 23.9 Å². The summed E-state index contributed by atoms with van der Waals surface area (Å²) in [5, 5.41) is 23.2. The second-order valence-corrected chi connectivity index (χ2v) is 9.14. The van der Waals surface area contributed by atoms with Gasteiger partial charge in [0.15, 0.2) is 5.16 Å². The summed E-state index contributed by atoms with van der Waals surface area (Å²) in [6, 6.07) is 23.2. The fourth-order valence-electron chi connectivity index (χ4n) is 3.30. The molecule has 0 bridgehead atoms. The van der Waals surface area contributed by atoms with E-state index in [9.17, 15) is 14.9 Å². The Kier molecular flexibility index (Phi) is 7.24. The molecular formula is C24H20ClN5O3S. The molecule has 34 heavy (non-hydrogen) atoms. The lowest BCUT2D eigenvalue weighted by Crippen LogP contribution is -2.23. The van der Waals surface area contributed by atoms with Gasteiger partial charge in [0.25, 0.3) is 5.69 Å². The fourth-order valence-corrected chi connectivity index (χ4v) is 4.32. The Hall–Kier alpha value is -3.69. The molecule has 1 N–H and O–H groups in total. The number of halogens is 1. The summed E-state index contributed by atoms with van der Waals surface area (Å²) in [7, 11) is 0. The van der Waals surface area contributed by atoms with Gasteiger partial charge in [0, 0.05) is 23.2 Å². The number of hydrogen-bond acceptors (Lipinski definition) is 6. The van der Waals surface area contributed by atoms with Crippen LogP contribution in [0.4, 0.5) is 11.4 Å². The molecule has 4 aromatic rings. The van der Waals surface area contributed by atoms with E-state index >= 15 is 0 Å². The number of nitro benzene ring substituents is 1. The van der Waals surface area contributed by atoms with Crippen molar-refractivity contribution in [3.8, 4) is 5.69 Å². The van der Waals surface area contributed by atoms with E-state index in [1.54, 1.807) is 31.2 Å². The number of nitrogens with zero attached hydrogens (tertiary/aromatic N) is 4. The number of thioether (sulfide) groups is 1. The standard InChI is InChI=1S/C24H20ClN5O3S/c1-16(23(31)26-20-9-5-6-10-21(20)30(32)33)34-24-28-27-22(15-17-7-3-2-4-8-17)29(24)19-13-11-18(25)12-14-19/h2-14,16H,15H2,1H3,(H,26,31). The molecule has 0 radical (unpaired) electrons. The highest BCUT2D eigenvalue weighted by Gasteiger charge is 2.23. The van der Waals surface area contributed by atoms with Gasteiger partial charge in [-0.2, -0.15) is 0 Å². The predicted octanol–water partition coefficient (Wildman–Crippen LogP) is 5.54. The van der Waals surface area contributed by atoms with Crippen molar-refractivity contribution < 1.29 is 9.72 Å². The predicted molar refractivity (Wildman–Crippen MR) is 133 cm³/mol. The first-order valence-corrected chi connectivity index (χ1v) is 11.6. The van der Waals surface area contributed by atoms with Gasteiger partial charge < -0.3 is 5.32 Å². The number of aromatic nitrogens is 3.